The molecule has 0 unspecified atom stereocenters. The van der Waals surface area contributed by atoms with Gasteiger partial charge >= 0.3 is 5.97 Å². The number of amides is 3. The van der Waals surface area contributed by atoms with Crippen LogP contribution < -0.4 is 10.9 Å². The number of alkyl halides is 1. The Kier molecular flexibility index (Phi) is 7.05. The van der Waals surface area contributed by atoms with Crippen molar-refractivity contribution in [3.63, 3.8) is 0 Å². The molecule has 0 bridgehead atoms. The maximum absolute atomic E-state index is 13.2. The van der Waals surface area contributed by atoms with Crippen molar-refractivity contribution in [3.8, 4) is 0 Å². The van der Waals surface area contributed by atoms with Gasteiger partial charge in [0.05, 0.1) is 12.5 Å². The zero-order chi connectivity index (χ0) is 20.9. The van der Waals surface area contributed by atoms with Crippen molar-refractivity contribution in [3.05, 3.63) is 16.1 Å². The first-order chi connectivity index (χ1) is 13.1. The molecule has 1 saturated heterocycles. The van der Waals surface area contributed by atoms with Crippen LogP contribution in [0.25, 0.3) is 0 Å². The molecule has 0 saturated carbocycles. The van der Waals surface area contributed by atoms with E-state index in [1.54, 1.807) is 13.8 Å². The normalized spacial score (nSPS) is 15.1. The third kappa shape index (κ3) is 5.47. The van der Waals surface area contributed by atoms with E-state index in [1.165, 1.54) is 17.4 Å². The number of rotatable bonds is 5. The van der Waals surface area contributed by atoms with Crippen molar-refractivity contribution in [1.29, 1.82) is 0 Å². The minimum Gasteiger partial charge on any atom is -0.469 e. The third-order valence-corrected chi connectivity index (χ3v) is 5.13. The van der Waals surface area contributed by atoms with Crippen molar-refractivity contribution < 1.29 is 28.3 Å². The topological polar surface area (TPSA) is 118 Å². The summed E-state index contributed by atoms with van der Waals surface area (Å²) in [6, 6.07) is 0. The highest BCUT2D eigenvalue weighted by Crippen LogP contribution is 2.21. The number of hydrogen-bond donors (Lipinski definition) is 2. The number of nitrogens with zero attached hydrogens (tertiary/aromatic N) is 2. The molecule has 154 valence electrons. The molecule has 1 aromatic heterocycles. The molecule has 0 aromatic carbocycles. The van der Waals surface area contributed by atoms with Crippen LogP contribution in [0.15, 0.2) is 5.38 Å². The average molecular weight is 414 g/mol. The summed E-state index contributed by atoms with van der Waals surface area (Å²) < 4.78 is 17.8. The third-order valence-electron chi connectivity index (χ3n) is 4.29. The number of carbonyl (C=O) groups is 4. The van der Waals surface area contributed by atoms with Gasteiger partial charge in [-0.2, -0.15) is 0 Å². The fourth-order valence-electron chi connectivity index (χ4n) is 2.66. The first-order valence-corrected chi connectivity index (χ1v) is 9.58. The van der Waals surface area contributed by atoms with Gasteiger partial charge in [-0.25, -0.2) is 9.37 Å². The van der Waals surface area contributed by atoms with Crippen LogP contribution in [0.1, 0.15) is 53.4 Å². The Morgan fingerprint density at radius 3 is 2.54 bits per heavy atom. The van der Waals surface area contributed by atoms with Crippen LogP contribution >= 0.6 is 11.3 Å². The zero-order valence-corrected chi connectivity index (χ0v) is 16.7. The van der Waals surface area contributed by atoms with Gasteiger partial charge in [-0.05, 0) is 26.7 Å². The fraction of sp³-hybridized carbons (Fsp3) is 0.588. The molecule has 2 heterocycles. The van der Waals surface area contributed by atoms with E-state index in [0.717, 1.165) is 11.3 Å². The lowest BCUT2D eigenvalue weighted by atomic mass is 9.89. The Morgan fingerprint density at radius 1 is 1.29 bits per heavy atom. The molecule has 3 amide bonds. The molecule has 9 nitrogen and oxygen atoms in total. The van der Waals surface area contributed by atoms with E-state index >= 15 is 0 Å². The van der Waals surface area contributed by atoms with Gasteiger partial charge in [-0.15, -0.1) is 11.3 Å². The van der Waals surface area contributed by atoms with Gasteiger partial charge < -0.3 is 9.64 Å². The summed E-state index contributed by atoms with van der Waals surface area (Å²) in [5, 5.41) is 1.44. The first kappa shape index (κ1) is 21.7. The maximum atomic E-state index is 13.2. The van der Waals surface area contributed by atoms with Crippen LogP contribution in [0.5, 0.6) is 0 Å². The van der Waals surface area contributed by atoms with Crippen molar-refractivity contribution in [2.24, 2.45) is 5.41 Å². The van der Waals surface area contributed by atoms with Gasteiger partial charge in [-0.1, -0.05) is 0 Å². The molecular formula is C17H23FN4O5S. The number of piperidine rings is 1. The maximum Gasteiger partial charge on any atom is 0.311 e. The van der Waals surface area contributed by atoms with Gasteiger partial charge in [0.15, 0.2) is 5.01 Å². The number of thiazole rings is 1. The number of ether oxygens (including phenoxy) is 1. The number of carbonyl (C=O) groups excluding carboxylic acids is 4. The largest absolute Gasteiger partial charge is 0.469 e. The lowest BCUT2D eigenvalue weighted by Gasteiger charge is -2.27. The van der Waals surface area contributed by atoms with Crippen LogP contribution in [0, 0.1) is 5.41 Å². The Labute approximate surface area is 165 Å². The molecular weight excluding hydrogens is 391 g/mol. The summed E-state index contributed by atoms with van der Waals surface area (Å²) >= 11 is 0.954. The Balaban J connectivity index is 1.87. The fourth-order valence-corrected chi connectivity index (χ4v) is 3.35. The highest BCUT2D eigenvalue weighted by Gasteiger charge is 2.32. The summed E-state index contributed by atoms with van der Waals surface area (Å²) in [4.78, 5) is 53.5. The van der Waals surface area contributed by atoms with Crippen LogP contribution in [0.3, 0.4) is 0 Å². The summed E-state index contributed by atoms with van der Waals surface area (Å²) in [5.74, 6) is -2.17. The van der Waals surface area contributed by atoms with Gasteiger partial charge in [0.2, 0.25) is 5.91 Å². The predicted molar refractivity (Wildman–Crippen MR) is 98.2 cm³/mol. The number of hydrazine groups is 1. The molecule has 1 aliphatic rings. The predicted octanol–water partition coefficient (Wildman–Crippen LogP) is 1.07. The van der Waals surface area contributed by atoms with Gasteiger partial charge in [0, 0.05) is 24.9 Å². The highest BCUT2D eigenvalue weighted by molar-refractivity contribution is 7.11. The van der Waals surface area contributed by atoms with E-state index in [4.69, 9.17) is 0 Å². The van der Waals surface area contributed by atoms with E-state index in [-0.39, 0.29) is 35.9 Å². The first-order valence-electron chi connectivity index (χ1n) is 8.70. The molecule has 2 rings (SSSR count). The number of hydrogen-bond acceptors (Lipinski definition) is 7. The summed E-state index contributed by atoms with van der Waals surface area (Å²) in [5.41, 5.74) is 3.46. The minimum atomic E-state index is -1.04. The lowest BCUT2D eigenvalue weighted by molar-refractivity contribution is -0.153. The van der Waals surface area contributed by atoms with E-state index in [2.05, 4.69) is 20.6 Å². The lowest BCUT2D eigenvalue weighted by Crippen LogP contribution is -2.44. The van der Waals surface area contributed by atoms with Gasteiger partial charge in [0.25, 0.3) is 11.8 Å². The second kappa shape index (κ2) is 9.09. The monoisotopic (exact) mass is 414 g/mol. The molecule has 11 heteroatoms. The smallest absolute Gasteiger partial charge is 0.311 e. The van der Waals surface area contributed by atoms with E-state index in [1.807, 2.05) is 0 Å². The summed E-state index contributed by atoms with van der Waals surface area (Å²) in [6.07, 6.45) is -0.506. The standard InChI is InChI=1S/C17H23FN4O5S/c1-17(2,16(26)27-3)8-12(23)20-21-13(24)14-19-11(9-28-14)15(25)22-6-4-10(18)5-7-22/h9-10H,4-8H2,1-3H3,(H,20,23)(H,21,24). The quantitative estimate of drug-likeness (QED) is 0.550. The van der Waals surface area contributed by atoms with Crippen LogP contribution in [0.4, 0.5) is 4.39 Å². The van der Waals surface area contributed by atoms with Crippen LogP contribution in [-0.4, -0.2) is 59.9 Å². The van der Waals surface area contributed by atoms with E-state index < -0.39 is 29.4 Å². The molecule has 1 fully saturated rings. The Hall–Kier alpha value is -2.56. The molecule has 0 spiro atoms. The van der Waals surface area contributed by atoms with E-state index in [9.17, 15) is 23.6 Å². The molecule has 0 atom stereocenters. The summed E-state index contributed by atoms with van der Waals surface area (Å²) in [6.45, 7) is 3.71. The second-order valence-electron chi connectivity index (χ2n) is 7.06. The zero-order valence-electron chi connectivity index (χ0n) is 15.9. The van der Waals surface area contributed by atoms with Gasteiger partial charge in [0.1, 0.15) is 11.9 Å². The van der Waals surface area contributed by atoms with Crippen molar-refractivity contribution in [2.45, 2.75) is 39.3 Å². The van der Waals surface area contributed by atoms with Crippen molar-refractivity contribution >= 4 is 35.0 Å². The number of esters is 1. The number of likely N-dealkylation sites (tertiary alicyclic amines) is 1. The van der Waals surface area contributed by atoms with Crippen LogP contribution in [0.2, 0.25) is 0 Å². The molecule has 1 aromatic rings. The average Bonchev–Trinajstić information content (AvgIpc) is 3.15. The molecule has 1 aliphatic heterocycles. The Bertz CT molecular complexity index is 758. The Morgan fingerprint density at radius 2 is 1.93 bits per heavy atom. The molecule has 0 radical (unpaired) electrons. The number of nitrogens with one attached hydrogen (secondary N) is 2. The highest BCUT2D eigenvalue weighted by atomic mass is 32.1. The van der Waals surface area contributed by atoms with Gasteiger partial charge in [-0.3, -0.25) is 30.0 Å². The van der Waals surface area contributed by atoms with Crippen molar-refractivity contribution in [2.75, 3.05) is 20.2 Å². The molecule has 28 heavy (non-hydrogen) atoms. The number of aromatic nitrogens is 1. The SMILES string of the molecule is COC(=O)C(C)(C)CC(=O)NNC(=O)c1nc(C(=O)N2CCC(F)CC2)cs1. The minimum absolute atomic E-state index is 0.00347. The number of methoxy groups -OCH3 is 1. The van der Waals surface area contributed by atoms with E-state index in [0.29, 0.717) is 13.1 Å². The van der Waals surface area contributed by atoms with Crippen LogP contribution in [-0.2, 0) is 14.3 Å². The number of halogens is 1. The molecule has 2 N–H and O–H groups in total. The van der Waals surface area contributed by atoms with Crippen molar-refractivity contribution in [1.82, 2.24) is 20.7 Å². The summed E-state index contributed by atoms with van der Waals surface area (Å²) in [7, 11) is 1.23. The second-order valence-corrected chi connectivity index (χ2v) is 7.92. The molecule has 0 aliphatic carbocycles.